The van der Waals surface area contributed by atoms with Crippen molar-refractivity contribution in [3.8, 4) is 0 Å². The number of aliphatic hydroxyl groups excluding tert-OH is 1. The number of ether oxygens (including phenoxy) is 1. The Hall–Kier alpha value is -0.610. The molecule has 18 heavy (non-hydrogen) atoms. The minimum atomic E-state index is -0.179. The lowest BCUT2D eigenvalue weighted by Crippen LogP contribution is -2.07. The summed E-state index contributed by atoms with van der Waals surface area (Å²) in [7, 11) is 0. The molecule has 0 spiro atoms. The number of unbranched alkanes of at least 4 members (excludes halogenated alkanes) is 8. The first-order chi connectivity index (χ1) is 8.31. The quantitative estimate of drug-likeness (QED) is 0.415. The van der Waals surface area contributed by atoms with E-state index >= 15 is 0 Å². The Kier molecular flexibility index (Phi) is 18.0. The van der Waals surface area contributed by atoms with Crippen LogP contribution in [0, 0.1) is 0 Å². The topological polar surface area (TPSA) is 81.5 Å². The Labute approximate surface area is 112 Å². The molecule has 0 saturated heterocycles. The molecule has 0 atom stereocenters. The fourth-order valence-corrected chi connectivity index (χ4v) is 1.81. The first-order valence-corrected chi connectivity index (χ1v) is 7.07. The average Bonchev–Trinajstić information content (AvgIpc) is 2.34. The molecule has 0 saturated carbocycles. The summed E-state index contributed by atoms with van der Waals surface area (Å²) in [5, 5.41) is 8.47. The Morgan fingerprint density at radius 3 is 1.94 bits per heavy atom. The highest BCUT2D eigenvalue weighted by Gasteiger charge is 2.01. The lowest BCUT2D eigenvalue weighted by Gasteiger charge is -2.03. The first kappa shape index (κ1) is 19.7. The van der Waals surface area contributed by atoms with Crippen molar-refractivity contribution in [1.29, 1.82) is 0 Å². The third-order valence-corrected chi connectivity index (χ3v) is 2.84. The number of rotatable bonds is 12. The molecule has 0 aromatic heterocycles. The third kappa shape index (κ3) is 15.4. The van der Waals surface area contributed by atoms with Crippen molar-refractivity contribution in [1.82, 2.24) is 6.15 Å². The Bertz CT molecular complexity index is 174. The number of carbonyl (C=O) groups is 1. The van der Waals surface area contributed by atoms with Crippen LogP contribution in [0.5, 0.6) is 0 Å². The fraction of sp³-hybridized carbons (Fsp3) is 0.929. The zero-order valence-corrected chi connectivity index (χ0v) is 12.0. The van der Waals surface area contributed by atoms with E-state index in [0.29, 0.717) is 6.42 Å². The summed E-state index contributed by atoms with van der Waals surface area (Å²) in [5.41, 5.74) is 0. The maximum absolute atomic E-state index is 11.1. The summed E-state index contributed by atoms with van der Waals surface area (Å²) in [6.07, 6.45) is 11.7. The second kappa shape index (κ2) is 16.4. The maximum atomic E-state index is 11.1. The van der Waals surface area contributed by atoms with Gasteiger partial charge in [0.25, 0.3) is 0 Å². The summed E-state index contributed by atoms with van der Waals surface area (Å²) in [6, 6.07) is 0. The maximum Gasteiger partial charge on any atom is 0.305 e. The van der Waals surface area contributed by atoms with E-state index in [0.717, 1.165) is 12.8 Å². The number of esters is 1. The van der Waals surface area contributed by atoms with E-state index in [1.54, 1.807) is 0 Å². The molecule has 0 aliphatic heterocycles. The highest BCUT2D eigenvalue weighted by molar-refractivity contribution is 5.69. The molecular formula is C14H31NO3. The average molecular weight is 261 g/mol. The van der Waals surface area contributed by atoms with Gasteiger partial charge in [0, 0.05) is 6.42 Å². The van der Waals surface area contributed by atoms with E-state index in [1.165, 1.54) is 44.9 Å². The van der Waals surface area contributed by atoms with Gasteiger partial charge >= 0.3 is 5.97 Å². The lowest BCUT2D eigenvalue weighted by atomic mass is 10.1. The predicted molar refractivity (Wildman–Crippen MR) is 74.9 cm³/mol. The summed E-state index contributed by atoms with van der Waals surface area (Å²) in [6.45, 7) is 2.29. The van der Waals surface area contributed by atoms with Crippen LogP contribution in [0.15, 0.2) is 0 Å². The Morgan fingerprint density at radius 1 is 0.944 bits per heavy atom. The molecule has 0 bridgehead atoms. The van der Waals surface area contributed by atoms with Gasteiger partial charge in [0.1, 0.15) is 6.61 Å². The van der Waals surface area contributed by atoms with Crippen molar-refractivity contribution in [3.05, 3.63) is 0 Å². The van der Waals surface area contributed by atoms with E-state index in [1.807, 2.05) is 0 Å². The van der Waals surface area contributed by atoms with Crippen LogP contribution in [-0.2, 0) is 9.53 Å². The van der Waals surface area contributed by atoms with Crippen LogP contribution >= 0.6 is 0 Å². The van der Waals surface area contributed by atoms with Crippen LogP contribution in [0.4, 0.5) is 0 Å². The zero-order valence-electron chi connectivity index (χ0n) is 12.0. The van der Waals surface area contributed by atoms with Crippen LogP contribution in [0.3, 0.4) is 0 Å². The SMILES string of the molecule is CCCCCCCCCCCC(=O)OCCO.N. The van der Waals surface area contributed by atoms with Gasteiger partial charge in [-0.2, -0.15) is 0 Å². The zero-order chi connectivity index (χ0) is 12.8. The van der Waals surface area contributed by atoms with E-state index in [4.69, 9.17) is 9.84 Å². The van der Waals surface area contributed by atoms with Gasteiger partial charge in [-0.25, -0.2) is 0 Å². The van der Waals surface area contributed by atoms with Gasteiger partial charge in [-0.05, 0) is 6.42 Å². The van der Waals surface area contributed by atoms with Crippen molar-refractivity contribution in [2.75, 3.05) is 13.2 Å². The molecule has 0 amide bonds. The second-order valence-electron chi connectivity index (χ2n) is 4.52. The van der Waals surface area contributed by atoms with E-state index < -0.39 is 0 Å². The van der Waals surface area contributed by atoms with Crippen molar-refractivity contribution < 1.29 is 14.6 Å². The molecule has 0 rings (SSSR count). The lowest BCUT2D eigenvalue weighted by molar-refractivity contribution is -0.144. The molecule has 0 aliphatic rings. The van der Waals surface area contributed by atoms with E-state index in [2.05, 4.69) is 6.92 Å². The van der Waals surface area contributed by atoms with Crippen molar-refractivity contribution in [3.63, 3.8) is 0 Å². The highest BCUT2D eigenvalue weighted by Crippen LogP contribution is 2.10. The molecule has 0 radical (unpaired) electrons. The second-order valence-corrected chi connectivity index (χ2v) is 4.52. The first-order valence-electron chi connectivity index (χ1n) is 7.07. The highest BCUT2D eigenvalue weighted by atomic mass is 16.5. The fourth-order valence-electron chi connectivity index (χ4n) is 1.81. The normalized spacial score (nSPS) is 9.89. The van der Waals surface area contributed by atoms with Gasteiger partial charge in [-0.1, -0.05) is 58.3 Å². The smallest absolute Gasteiger partial charge is 0.305 e. The van der Waals surface area contributed by atoms with Crippen molar-refractivity contribution in [2.24, 2.45) is 0 Å². The van der Waals surface area contributed by atoms with Gasteiger partial charge in [0.2, 0.25) is 0 Å². The van der Waals surface area contributed by atoms with Gasteiger partial charge in [-0.3, -0.25) is 4.79 Å². The van der Waals surface area contributed by atoms with Gasteiger partial charge in [0.05, 0.1) is 6.61 Å². The molecule has 4 heteroatoms. The molecule has 0 aromatic carbocycles. The van der Waals surface area contributed by atoms with Crippen LogP contribution < -0.4 is 6.15 Å². The van der Waals surface area contributed by atoms with Crippen LogP contribution in [0.2, 0.25) is 0 Å². The van der Waals surface area contributed by atoms with Crippen LogP contribution in [0.25, 0.3) is 0 Å². The predicted octanol–water partition coefficient (Wildman–Crippen LogP) is 3.60. The molecule has 0 aromatic rings. The molecule has 0 fully saturated rings. The monoisotopic (exact) mass is 261 g/mol. The number of hydrogen-bond acceptors (Lipinski definition) is 4. The van der Waals surface area contributed by atoms with Crippen LogP contribution in [0.1, 0.15) is 71.1 Å². The molecule has 0 unspecified atom stereocenters. The standard InChI is InChI=1S/C14H28O3.H3N/c1-2-3-4-5-6-7-8-9-10-11-14(16)17-13-12-15;/h15H,2-13H2,1H3;1H3. The van der Waals surface area contributed by atoms with Crippen LogP contribution in [-0.4, -0.2) is 24.3 Å². The molecule has 110 valence electrons. The van der Waals surface area contributed by atoms with Crippen molar-refractivity contribution in [2.45, 2.75) is 71.1 Å². The molecule has 4 nitrogen and oxygen atoms in total. The van der Waals surface area contributed by atoms with Crippen molar-refractivity contribution >= 4 is 5.97 Å². The third-order valence-electron chi connectivity index (χ3n) is 2.84. The number of carbonyl (C=O) groups excluding carboxylic acids is 1. The molecular weight excluding hydrogens is 230 g/mol. The van der Waals surface area contributed by atoms with Gasteiger partial charge in [-0.15, -0.1) is 0 Å². The van der Waals surface area contributed by atoms with E-state index in [-0.39, 0.29) is 25.3 Å². The summed E-state index contributed by atoms with van der Waals surface area (Å²) in [4.78, 5) is 11.1. The molecule has 0 heterocycles. The Morgan fingerprint density at radius 2 is 1.44 bits per heavy atom. The van der Waals surface area contributed by atoms with Gasteiger partial charge in [0.15, 0.2) is 0 Å². The van der Waals surface area contributed by atoms with E-state index in [9.17, 15) is 4.79 Å². The molecule has 0 aliphatic carbocycles. The number of hydrogen-bond donors (Lipinski definition) is 2. The minimum absolute atomic E-state index is 0. The largest absolute Gasteiger partial charge is 0.463 e. The summed E-state index contributed by atoms with van der Waals surface area (Å²) < 4.78 is 4.77. The number of aliphatic hydroxyl groups is 1. The molecule has 4 N–H and O–H groups in total. The van der Waals surface area contributed by atoms with Gasteiger partial charge < -0.3 is 16.0 Å². The summed E-state index contributed by atoms with van der Waals surface area (Å²) >= 11 is 0. The minimum Gasteiger partial charge on any atom is -0.463 e. The Balaban J connectivity index is 0. The summed E-state index contributed by atoms with van der Waals surface area (Å²) in [5.74, 6) is -0.179.